The van der Waals surface area contributed by atoms with E-state index in [1.807, 2.05) is 19.1 Å². The van der Waals surface area contributed by atoms with Gasteiger partial charge in [-0.05, 0) is 43.0 Å². The number of nitrogens with one attached hydrogen (secondary N) is 3. The molecule has 0 aliphatic heterocycles. The fourth-order valence-corrected chi connectivity index (χ4v) is 3.02. The molecule has 6 heteroatoms. The van der Waals surface area contributed by atoms with Gasteiger partial charge in [0.15, 0.2) is 5.96 Å². The maximum Gasteiger partial charge on any atom is 0.191 e. The van der Waals surface area contributed by atoms with Gasteiger partial charge in [0, 0.05) is 56.9 Å². The summed E-state index contributed by atoms with van der Waals surface area (Å²) in [6.45, 7) is 5.83. The van der Waals surface area contributed by atoms with Gasteiger partial charge in [0.05, 0.1) is 6.26 Å². The van der Waals surface area contributed by atoms with Crippen LogP contribution in [0, 0.1) is 0 Å². The molecule has 150 valence electrons. The molecule has 0 bridgehead atoms. The van der Waals surface area contributed by atoms with E-state index in [0.29, 0.717) is 0 Å². The highest BCUT2D eigenvalue weighted by Gasteiger charge is 2.03. The minimum atomic E-state index is 0.739. The molecular formula is C22H30N4O2. The molecule has 2 heterocycles. The number of para-hydroxylation sites is 1. The highest BCUT2D eigenvalue weighted by Crippen LogP contribution is 2.14. The van der Waals surface area contributed by atoms with Crippen molar-refractivity contribution in [2.45, 2.75) is 26.2 Å². The van der Waals surface area contributed by atoms with Crippen LogP contribution in [-0.2, 0) is 17.6 Å². The number of ether oxygens (including phenoxy) is 1. The molecule has 3 aromatic rings. The Balaban J connectivity index is 1.47. The van der Waals surface area contributed by atoms with Crippen LogP contribution in [0.1, 0.15) is 24.8 Å². The van der Waals surface area contributed by atoms with Crippen molar-refractivity contribution >= 4 is 16.9 Å². The van der Waals surface area contributed by atoms with Crippen molar-refractivity contribution in [3.63, 3.8) is 0 Å². The van der Waals surface area contributed by atoms with Gasteiger partial charge < -0.3 is 24.8 Å². The molecule has 3 rings (SSSR count). The molecule has 28 heavy (non-hydrogen) atoms. The predicted molar refractivity (Wildman–Crippen MR) is 114 cm³/mol. The number of hydrogen-bond donors (Lipinski definition) is 3. The Kier molecular flexibility index (Phi) is 8.00. The number of fused-ring (bicyclic) bond motifs is 1. The molecule has 0 amide bonds. The van der Waals surface area contributed by atoms with Crippen molar-refractivity contribution in [3.8, 4) is 0 Å². The van der Waals surface area contributed by atoms with E-state index >= 15 is 0 Å². The summed E-state index contributed by atoms with van der Waals surface area (Å²) >= 11 is 0. The Hall–Kier alpha value is -2.73. The van der Waals surface area contributed by atoms with Crippen molar-refractivity contribution in [1.29, 1.82) is 0 Å². The lowest BCUT2D eigenvalue weighted by molar-refractivity contribution is 0.146. The van der Waals surface area contributed by atoms with Crippen molar-refractivity contribution in [3.05, 3.63) is 60.2 Å². The average Bonchev–Trinajstić information content (AvgIpc) is 3.36. The molecule has 0 atom stereocenters. The minimum Gasteiger partial charge on any atom is -0.469 e. The topological polar surface area (TPSA) is 74.6 Å². The summed E-state index contributed by atoms with van der Waals surface area (Å²) in [4.78, 5) is 8.13. The van der Waals surface area contributed by atoms with Crippen LogP contribution in [0.3, 0.4) is 0 Å². The molecule has 6 nitrogen and oxygen atoms in total. The fourth-order valence-electron chi connectivity index (χ4n) is 3.02. The lowest BCUT2D eigenvalue weighted by Crippen LogP contribution is -2.39. The van der Waals surface area contributed by atoms with Crippen LogP contribution in [0.4, 0.5) is 0 Å². The predicted octanol–water partition coefficient (Wildman–Crippen LogP) is 3.51. The number of aliphatic imine (C=N–C) groups is 1. The zero-order valence-electron chi connectivity index (χ0n) is 16.5. The summed E-state index contributed by atoms with van der Waals surface area (Å²) in [7, 11) is 0. The van der Waals surface area contributed by atoms with Crippen molar-refractivity contribution < 1.29 is 9.15 Å². The molecule has 0 radical (unpaired) electrons. The standard InChI is InChI=1S/C22H30N4O2/c1-2-27-15-6-12-23-22(25-14-11-20-8-5-16-28-20)24-13-10-19-17-18-7-3-4-9-21(18)26-19/h3-5,7-9,16-17,26H,2,6,10-15H2,1H3,(H2,23,24,25). The Bertz CT molecular complexity index is 806. The number of H-pyrrole nitrogens is 1. The quantitative estimate of drug-likeness (QED) is 0.270. The van der Waals surface area contributed by atoms with E-state index in [1.165, 1.54) is 16.6 Å². The average molecular weight is 383 g/mol. The fraction of sp³-hybridized carbons (Fsp3) is 0.409. The number of hydrogen-bond acceptors (Lipinski definition) is 3. The van der Waals surface area contributed by atoms with Gasteiger partial charge >= 0.3 is 0 Å². The third-order valence-corrected chi connectivity index (χ3v) is 4.44. The SMILES string of the molecule is CCOCCCN=C(NCCc1cc2ccccc2[nH]1)NCCc1ccco1. The Morgan fingerprint density at radius 2 is 1.96 bits per heavy atom. The Morgan fingerprint density at radius 1 is 1.11 bits per heavy atom. The number of furan rings is 1. The second kappa shape index (κ2) is 11.2. The van der Waals surface area contributed by atoms with Gasteiger partial charge in [-0.2, -0.15) is 0 Å². The molecule has 1 aromatic carbocycles. The lowest BCUT2D eigenvalue weighted by atomic mass is 10.2. The third-order valence-electron chi connectivity index (χ3n) is 4.44. The molecule has 0 saturated heterocycles. The highest BCUT2D eigenvalue weighted by molar-refractivity contribution is 5.81. The van der Waals surface area contributed by atoms with Crippen LogP contribution in [0.15, 0.2) is 58.1 Å². The smallest absolute Gasteiger partial charge is 0.191 e. The Morgan fingerprint density at radius 3 is 2.75 bits per heavy atom. The van der Waals surface area contributed by atoms with Gasteiger partial charge in [0.2, 0.25) is 0 Å². The third kappa shape index (κ3) is 6.46. The molecule has 0 fully saturated rings. The summed E-state index contributed by atoms with van der Waals surface area (Å²) in [6, 6.07) is 14.5. The first-order valence-electron chi connectivity index (χ1n) is 10.0. The first-order valence-corrected chi connectivity index (χ1v) is 10.0. The lowest BCUT2D eigenvalue weighted by Gasteiger charge is -2.12. The largest absolute Gasteiger partial charge is 0.469 e. The van der Waals surface area contributed by atoms with Gasteiger partial charge in [-0.3, -0.25) is 4.99 Å². The molecule has 2 aromatic heterocycles. The van der Waals surface area contributed by atoms with Gasteiger partial charge in [0.1, 0.15) is 5.76 Å². The number of nitrogens with zero attached hydrogens (tertiary/aromatic N) is 1. The number of guanidine groups is 1. The number of aromatic nitrogens is 1. The molecule has 0 spiro atoms. The Labute approximate surface area is 166 Å². The normalized spacial score (nSPS) is 11.8. The molecule has 0 aliphatic carbocycles. The summed E-state index contributed by atoms with van der Waals surface area (Å²) in [6.07, 6.45) is 4.36. The summed E-state index contributed by atoms with van der Waals surface area (Å²) in [5, 5.41) is 8.07. The van der Waals surface area contributed by atoms with Crippen molar-refractivity contribution in [2.24, 2.45) is 4.99 Å². The summed E-state index contributed by atoms with van der Waals surface area (Å²) in [5.41, 5.74) is 2.40. The summed E-state index contributed by atoms with van der Waals surface area (Å²) in [5.74, 6) is 1.81. The van der Waals surface area contributed by atoms with Crippen molar-refractivity contribution in [1.82, 2.24) is 15.6 Å². The van der Waals surface area contributed by atoms with E-state index in [2.05, 4.69) is 50.9 Å². The zero-order chi connectivity index (χ0) is 19.4. The number of rotatable bonds is 11. The molecule has 0 unspecified atom stereocenters. The van der Waals surface area contributed by atoms with Crippen LogP contribution in [-0.4, -0.2) is 43.8 Å². The van der Waals surface area contributed by atoms with E-state index < -0.39 is 0 Å². The maximum absolute atomic E-state index is 5.39. The van der Waals surface area contributed by atoms with Crippen LogP contribution >= 0.6 is 0 Å². The van der Waals surface area contributed by atoms with E-state index in [-0.39, 0.29) is 0 Å². The second-order valence-corrected chi connectivity index (χ2v) is 6.60. The van der Waals surface area contributed by atoms with Crippen molar-refractivity contribution in [2.75, 3.05) is 32.8 Å². The van der Waals surface area contributed by atoms with Crippen LogP contribution in [0.2, 0.25) is 0 Å². The van der Waals surface area contributed by atoms with Crippen LogP contribution < -0.4 is 10.6 Å². The molecular weight excluding hydrogens is 352 g/mol. The van der Waals surface area contributed by atoms with Crippen LogP contribution in [0.5, 0.6) is 0 Å². The van der Waals surface area contributed by atoms with E-state index in [1.54, 1.807) is 6.26 Å². The van der Waals surface area contributed by atoms with Gasteiger partial charge in [-0.1, -0.05) is 18.2 Å². The number of aromatic amines is 1. The first kappa shape index (κ1) is 20.0. The maximum atomic E-state index is 5.39. The van der Waals surface area contributed by atoms with E-state index in [9.17, 15) is 0 Å². The second-order valence-electron chi connectivity index (χ2n) is 6.60. The molecule has 0 aliphatic rings. The zero-order valence-corrected chi connectivity index (χ0v) is 16.5. The molecule has 3 N–H and O–H groups in total. The van der Waals surface area contributed by atoms with Gasteiger partial charge in [0.25, 0.3) is 0 Å². The summed E-state index contributed by atoms with van der Waals surface area (Å²) < 4.78 is 10.8. The minimum absolute atomic E-state index is 0.739. The van der Waals surface area contributed by atoms with Gasteiger partial charge in [-0.15, -0.1) is 0 Å². The monoisotopic (exact) mass is 382 g/mol. The first-order chi connectivity index (χ1) is 13.8. The van der Waals surface area contributed by atoms with Crippen LogP contribution in [0.25, 0.3) is 10.9 Å². The molecule has 0 saturated carbocycles. The van der Waals surface area contributed by atoms with E-state index in [0.717, 1.165) is 63.8 Å². The highest BCUT2D eigenvalue weighted by atomic mass is 16.5. The van der Waals surface area contributed by atoms with Gasteiger partial charge in [-0.25, -0.2) is 0 Å². The van der Waals surface area contributed by atoms with E-state index in [4.69, 9.17) is 9.15 Å². The number of benzene rings is 1.